The molecule has 0 bridgehead atoms. The first-order chi connectivity index (χ1) is 10.6. The number of ether oxygens (including phenoxy) is 1. The number of rotatable bonds is 6. The Hall–Kier alpha value is -1.39. The summed E-state index contributed by atoms with van der Waals surface area (Å²) >= 11 is 0. The number of nitrogens with zero attached hydrogens (tertiary/aromatic N) is 1. The van der Waals surface area contributed by atoms with Crippen molar-refractivity contribution >= 4 is 5.91 Å². The number of methoxy groups -OCH3 is 1. The molecule has 1 aliphatic rings. The van der Waals surface area contributed by atoms with Crippen LogP contribution in [0.3, 0.4) is 0 Å². The van der Waals surface area contributed by atoms with E-state index in [-0.39, 0.29) is 5.91 Å². The molecule has 0 spiro atoms. The molecule has 2 unspecified atom stereocenters. The zero-order valence-corrected chi connectivity index (χ0v) is 14.0. The summed E-state index contributed by atoms with van der Waals surface area (Å²) in [5, 5.41) is 3.06. The first-order valence-electron chi connectivity index (χ1n) is 8.20. The lowest BCUT2D eigenvalue weighted by Gasteiger charge is -2.35. The highest BCUT2D eigenvalue weighted by atomic mass is 16.5. The minimum absolute atomic E-state index is 0.00476. The summed E-state index contributed by atoms with van der Waals surface area (Å²) in [6.45, 7) is 8.01. The third kappa shape index (κ3) is 4.82. The van der Waals surface area contributed by atoms with E-state index in [2.05, 4.69) is 24.1 Å². The molecule has 1 amide bonds. The van der Waals surface area contributed by atoms with Gasteiger partial charge in [0.05, 0.1) is 6.61 Å². The topological polar surface area (TPSA) is 41.6 Å². The molecule has 4 nitrogen and oxygen atoms in total. The number of likely N-dealkylation sites (tertiary alicyclic amines) is 1. The van der Waals surface area contributed by atoms with Gasteiger partial charge in [-0.1, -0.05) is 19.1 Å². The summed E-state index contributed by atoms with van der Waals surface area (Å²) in [6, 6.07) is 8.00. The molecule has 1 saturated heterocycles. The van der Waals surface area contributed by atoms with Gasteiger partial charge in [0, 0.05) is 31.8 Å². The second kappa shape index (κ2) is 8.30. The zero-order valence-electron chi connectivity index (χ0n) is 14.0. The molecule has 122 valence electrons. The van der Waals surface area contributed by atoms with Crippen LogP contribution in [0.1, 0.15) is 42.6 Å². The fourth-order valence-electron chi connectivity index (χ4n) is 3.07. The highest BCUT2D eigenvalue weighted by Crippen LogP contribution is 2.17. The van der Waals surface area contributed by atoms with Gasteiger partial charge in [0.1, 0.15) is 0 Å². The number of carbonyl (C=O) groups excluding carboxylic acids is 1. The molecule has 1 aliphatic heterocycles. The molecule has 1 aromatic carbocycles. The van der Waals surface area contributed by atoms with E-state index in [0.717, 1.165) is 24.6 Å². The number of nitrogens with one attached hydrogen (secondary N) is 1. The fraction of sp³-hybridized carbons (Fsp3) is 0.611. The summed E-state index contributed by atoms with van der Waals surface area (Å²) in [7, 11) is 1.66. The van der Waals surface area contributed by atoms with Crippen molar-refractivity contribution in [1.82, 2.24) is 10.2 Å². The Kier molecular flexibility index (Phi) is 6.40. The molecule has 2 rings (SSSR count). The number of hydrogen-bond donors (Lipinski definition) is 1. The molecule has 1 fully saturated rings. The van der Waals surface area contributed by atoms with Crippen LogP contribution in [0.2, 0.25) is 0 Å². The zero-order chi connectivity index (χ0) is 15.9. The third-order valence-corrected chi connectivity index (χ3v) is 4.37. The van der Waals surface area contributed by atoms with Gasteiger partial charge in [-0.3, -0.25) is 9.69 Å². The standard InChI is InChI=1S/C18H28N2O2/c1-14-6-5-9-20(12-14)15(2)11-19-18(21)17-8-4-7-16(10-17)13-22-3/h4,7-8,10,14-15H,5-6,9,11-13H2,1-3H3,(H,19,21). The van der Waals surface area contributed by atoms with Crippen LogP contribution in [0.25, 0.3) is 0 Å². The van der Waals surface area contributed by atoms with E-state index in [1.165, 1.54) is 12.8 Å². The highest BCUT2D eigenvalue weighted by molar-refractivity contribution is 5.94. The van der Waals surface area contributed by atoms with Crippen LogP contribution in [0.4, 0.5) is 0 Å². The van der Waals surface area contributed by atoms with Gasteiger partial charge in [0.15, 0.2) is 0 Å². The molecule has 1 heterocycles. The molecule has 4 heteroatoms. The predicted molar refractivity (Wildman–Crippen MR) is 88.9 cm³/mol. The maximum atomic E-state index is 12.3. The molecular weight excluding hydrogens is 276 g/mol. The normalized spacial score (nSPS) is 20.6. The van der Waals surface area contributed by atoms with E-state index < -0.39 is 0 Å². The van der Waals surface area contributed by atoms with Gasteiger partial charge in [-0.25, -0.2) is 0 Å². The van der Waals surface area contributed by atoms with Crippen LogP contribution in [0.15, 0.2) is 24.3 Å². The van der Waals surface area contributed by atoms with E-state index in [1.807, 2.05) is 24.3 Å². The SMILES string of the molecule is COCc1cccc(C(=O)NCC(C)N2CCCC(C)C2)c1. The van der Waals surface area contributed by atoms with Crippen molar-refractivity contribution in [2.24, 2.45) is 5.92 Å². The van der Waals surface area contributed by atoms with Crippen molar-refractivity contribution in [1.29, 1.82) is 0 Å². The minimum Gasteiger partial charge on any atom is -0.380 e. The number of amides is 1. The lowest BCUT2D eigenvalue weighted by atomic mass is 9.99. The van der Waals surface area contributed by atoms with Gasteiger partial charge in [0.25, 0.3) is 5.91 Å². The van der Waals surface area contributed by atoms with Gasteiger partial charge in [-0.15, -0.1) is 0 Å². The van der Waals surface area contributed by atoms with Crippen LogP contribution in [0.5, 0.6) is 0 Å². The van der Waals surface area contributed by atoms with Crippen molar-refractivity contribution in [3.8, 4) is 0 Å². The average Bonchev–Trinajstić information content (AvgIpc) is 2.53. The summed E-state index contributed by atoms with van der Waals surface area (Å²) < 4.78 is 5.11. The molecule has 1 aromatic rings. The van der Waals surface area contributed by atoms with Gasteiger partial charge >= 0.3 is 0 Å². The largest absolute Gasteiger partial charge is 0.380 e. The van der Waals surface area contributed by atoms with Crippen LogP contribution >= 0.6 is 0 Å². The van der Waals surface area contributed by atoms with Crippen LogP contribution in [-0.4, -0.2) is 43.6 Å². The second-order valence-corrected chi connectivity index (χ2v) is 6.43. The first kappa shape index (κ1) is 17.0. The maximum Gasteiger partial charge on any atom is 0.251 e. The van der Waals surface area contributed by atoms with E-state index in [4.69, 9.17) is 4.74 Å². The molecule has 0 aromatic heterocycles. The first-order valence-corrected chi connectivity index (χ1v) is 8.20. The van der Waals surface area contributed by atoms with Crippen molar-refractivity contribution in [2.75, 3.05) is 26.7 Å². The summed E-state index contributed by atoms with van der Waals surface area (Å²) in [4.78, 5) is 14.8. The van der Waals surface area contributed by atoms with E-state index >= 15 is 0 Å². The molecular formula is C18H28N2O2. The van der Waals surface area contributed by atoms with Crippen LogP contribution in [0, 0.1) is 5.92 Å². The average molecular weight is 304 g/mol. The van der Waals surface area contributed by atoms with Crippen LogP contribution < -0.4 is 5.32 Å². The lowest BCUT2D eigenvalue weighted by molar-refractivity contribution is 0.0917. The molecule has 1 N–H and O–H groups in total. The monoisotopic (exact) mass is 304 g/mol. The molecule has 22 heavy (non-hydrogen) atoms. The molecule has 0 aliphatic carbocycles. The van der Waals surface area contributed by atoms with E-state index in [1.54, 1.807) is 7.11 Å². The summed E-state index contributed by atoms with van der Waals surface area (Å²) in [5.74, 6) is 0.757. The lowest BCUT2D eigenvalue weighted by Crippen LogP contribution is -2.46. The van der Waals surface area contributed by atoms with Gasteiger partial charge in [-0.05, 0) is 49.9 Å². The molecule has 2 atom stereocenters. The highest BCUT2D eigenvalue weighted by Gasteiger charge is 2.21. The summed E-state index contributed by atoms with van der Waals surface area (Å²) in [6.07, 6.45) is 2.58. The Morgan fingerprint density at radius 2 is 2.32 bits per heavy atom. The Balaban J connectivity index is 1.85. The van der Waals surface area contributed by atoms with Gasteiger partial charge in [0.2, 0.25) is 0 Å². The Morgan fingerprint density at radius 1 is 1.50 bits per heavy atom. The van der Waals surface area contributed by atoms with Crippen molar-refractivity contribution in [3.63, 3.8) is 0 Å². The van der Waals surface area contributed by atoms with Crippen molar-refractivity contribution in [3.05, 3.63) is 35.4 Å². The summed E-state index contributed by atoms with van der Waals surface area (Å²) in [5.41, 5.74) is 1.72. The van der Waals surface area contributed by atoms with Gasteiger partial charge < -0.3 is 10.1 Å². The number of benzene rings is 1. The molecule has 0 saturated carbocycles. The fourth-order valence-corrected chi connectivity index (χ4v) is 3.07. The van der Waals surface area contributed by atoms with Crippen molar-refractivity contribution in [2.45, 2.75) is 39.3 Å². The molecule has 0 radical (unpaired) electrons. The Labute approximate surface area is 133 Å². The predicted octanol–water partition coefficient (Wildman–Crippen LogP) is 2.68. The maximum absolute atomic E-state index is 12.3. The number of piperidine rings is 1. The van der Waals surface area contributed by atoms with E-state index in [0.29, 0.717) is 24.8 Å². The smallest absolute Gasteiger partial charge is 0.251 e. The number of hydrogen-bond acceptors (Lipinski definition) is 3. The Bertz CT molecular complexity index is 490. The van der Waals surface area contributed by atoms with E-state index in [9.17, 15) is 4.79 Å². The number of carbonyl (C=O) groups is 1. The quantitative estimate of drug-likeness (QED) is 0.878. The minimum atomic E-state index is -0.00476. The van der Waals surface area contributed by atoms with Crippen molar-refractivity contribution < 1.29 is 9.53 Å². The van der Waals surface area contributed by atoms with Crippen LogP contribution in [-0.2, 0) is 11.3 Å². The Morgan fingerprint density at radius 3 is 3.05 bits per heavy atom. The second-order valence-electron chi connectivity index (χ2n) is 6.43. The third-order valence-electron chi connectivity index (χ3n) is 4.37. The van der Waals surface area contributed by atoms with Gasteiger partial charge in [-0.2, -0.15) is 0 Å².